The van der Waals surface area contributed by atoms with Crippen LogP contribution in [0.3, 0.4) is 0 Å². The molecule has 25 heavy (non-hydrogen) atoms. The fourth-order valence-corrected chi connectivity index (χ4v) is 2.83. The van der Waals surface area contributed by atoms with E-state index in [0.29, 0.717) is 28.1 Å². The molecule has 0 aliphatic rings. The molecule has 2 unspecified atom stereocenters. The Kier molecular flexibility index (Phi) is 7.15. The molecule has 2 aromatic carbocycles. The minimum Gasteiger partial charge on any atom is -0.480 e. The number of amides is 1. The van der Waals surface area contributed by atoms with Crippen molar-refractivity contribution in [1.29, 1.82) is 0 Å². The number of carbonyl (C=O) groups is 1. The molecule has 2 atom stereocenters. The Bertz CT molecular complexity index is 733. The molecule has 1 N–H and O–H groups in total. The van der Waals surface area contributed by atoms with E-state index < -0.39 is 6.10 Å². The number of nitrogens with one attached hydrogen (secondary N) is 1. The van der Waals surface area contributed by atoms with Crippen LogP contribution in [0.25, 0.3) is 0 Å². The highest BCUT2D eigenvalue weighted by Crippen LogP contribution is 2.30. The van der Waals surface area contributed by atoms with Crippen molar-refractivity contribution in [2.75, 3.05) is 5.32 Å². The molecule has 0 spiro atoms. The highest BCUT2D eigenvalue weighted by Gasteiger charge is 2.21. The van der Waals surface area contributed by atoms with Crippen LogP contribution in [0.5, 0.6) is 5.75 Å². The Labute approximate surface area is 159 Å². The van der Waals surface area contributed by atoms with Crippen molar-refractivity contribution in [3.8, 4) is 5.75 Å². The summed E-state index contributed by atoms with van der Waals surface area (Å²) >= 11 is 12.1. The van der Waals surface area contributed by atoms with Gasteiger partial charge in [0.15, 0.2) is 6.10 Å². The van der Waals surface area contributed by atoms with Crippen molar-refractivity contribution >= 4 is 34.8 Å². The van der Waals surface area contributed by atoms with Crippen molar-refractivity contribution in [2.24, 2.45) is 0 Å². The lowest BCUT2D eigenvalue weighted by atomic mass is 9.98. The van der Waals surface area contributed by atoms with E-state index in [-0.39, 0.29) is 5.91 Å². The van der Waals surface area contributed by atoms with Crippen LogP contribution < -0.4 is 10.1 Å². The van der Waals surface area contributed by atoms with Gasteiger partial charge >= 0.3 is 0 Å². The van der Waals surface area contributed by atoms with Gasteiger partial charge in [-0.05, 0) is 48.6 Å². The van der Waals surface area contributed by atoms with Crippen LogP contribution in [-0.2, 0) is 4.79 Å². The first-order valence-corrected chi connectivity index (χ1v) is 9.23. The molecule has 2 aromatic rings. The quantitative estimate of drug-likeness (QED) is 0.612. The molecule has 0 saturated carbocycles. The zero-order chi connectivity index (χ0) is 18.4. The molecular formula is C20H23Cl2NO2. The summed E-state index contributed by atoms with van der Waals surface area (Å²) in [4.78, 5) is 12.6. The van der Waals surface area contributed by atoms with Crippen LogP contribution in [0.4, 0.5) is 5.69 Å². The summed E-state index contributed by atoms with van der Waals surface area (Å²) in [6, 6.07) is 12.8. The van der Waals surface area contributed by atoms with Gasteiger partial charge in [0.1, 0.15) is 5.75 Å². The molecule has 1 amide bonds. The molecule has 0 aromatic heterocycles. The second-order valence-corrected chi connectivity index (χ2v) is 6.82. The maximum Gasteiger partial charge on any atom is 0.265 e. The normalized spacial score (nSPS) is 13.2. The van der Waals surface area contributed by atoms with Gasteiger partial charge in [-0.1, -0.05) is 62.2 Å². The average Bonchev–Trinajstić information content (AvgIpc) is 2.62. The molecular weight excluding hydrogens is 357 g/mol. The number of para-hydroxylation sites is 1. The molecule has 2 rings (SSSR count). The Hall–Kier alpha value is -1.71. The number of ether oxygens (including phenoxy) is 1. The lowest BCUT2D eigenvalue weighted by Gasteiger charge is -2.21. The van der Waals surface area contributed by atoms with Gasteiger partial charge < -0.3 is 10.1 Å². The van der Waals surface area contributed by atoms with Crippen molar-refractivity contribution in [3.63, 3.8) is 0 Å². The van der Waals surface area contributed by atoms with Crippen LogP contribution in [-0.4, -0.2) is 12.0 Å². The van der Waals surface area contributed by atoms with Gasteiger partial charge in [0, 0.05) is 5.02 Å². The fraction of sp³-hybridized carbons (Fsp3) is 0.350. The van der Waals surface area contributed by atoms with Crippen LogP contribution in [0.2, 0.25) is 10.0 Å². The summed E-state index contributed by atoms with van der Waals surface area (Å²) in [6.45, 7) is 6.19. The molecule has 0 aliphatic heterocycles. The second kappa shape index (κ2) is 9.12. The van der Waals surface area contributed by atoms with Gasteiger partial charge in [-0.3, -0.25) is 4.79 Å². The average molecular weight is 380 g/mol. The predicted molar refractivity (Wildman–Crippen MR) is 105 cm³/mol. The minimum absolute atomic E-state index is 0.245. The Balaban J connectivity index is 2.17. The minimum atomic E-state index is -0.611. The number of benzene rings is 2. The summed E-state index contributed by atoms with van der Waals surface area (Å²) in [5, 5.41) is 3.75. The van der Waals surface area contributed by atoms with Crippen LogP contribution in [0.1, 0.15) is 45.1 Å². The first-order chi connectivity index (χ1) is 12.0. The molecule has 0 fully saturated rings. The molecule has 134 valence electrons. The Morgan fingerprint density at radius 1 is 1.12 bits per heavy atom. The highest BCUT2D eigenvalue weighted by molar-refractivity contribution is 6.35. The first kappa shape index (κ1) is 19.6. The van der Waals surface area contributed by atoms with E-state index in [0.717, 1.165) is 17.7 Å². The van der Waals surface area contributed by atoms with Crippen LogP contribution in [0.15, 0.2) is 42.5 Å². The lowest BCUT2D eigenvalue weighted by Crippen LogP contribution is -2.32. The van der Waals surface area contributed by atoms with Gasteiger partial charge in [0.05, 0.1) is 10.7 Å². The smallest absolute Gasteiger partial charge is 0.265 e. The molecule has 0 aliphatic carbocycles. The van der Waals surface area contributed by atoms with E-state index in [1.807, 2.05) is 31.2 Å². The van der Waals surface area contributed by atoms with E-state index in [2.05, 4.69) is 19.2 Å². The zero-order valence-electron chi connectivity index (χ0n) is 14.7. The molecule has 0 heterocycles. The monoisotopic (exact) mass is 379 g/mol. The maximum atomic E-state index is 12.6. The Morgan fingerprint density at radius 3 is 2.52 bits per heavy atom. The first-order valence-electron chi connectivity index (χ1n) is 8.47. The predicted octanol–water partition coefficient (Wildman–Crippen LogP) is 6.30. The summed E-state index contributed by atoms with van der Waals surface area (Å²) in [7, 11) is 0. The summed E-state index contributed by atoms with van der Waals surface area (Å²) in [5.74, 6) is 0.862. The number of halogens is 2. The molecule has 0 radical (unpaired) electrons. The number of hydrogen-bond donors (Lipinski definition) is 1. The van der Waals surface area contributed by atoms with Crippen molar-refractivity contribution in [2.45, 2.75) is 45.6 Å². The zero-order valence-corrected chi connectivity index (χ0v) is 16.2. The summed E-state index contributed by atoms with van der Waals surface area (Å²) in [6.07, 6.45) is 0.931. The van der Waals surface area contributed by atoms with Crippen LogP contribution in [0, 0.1) is 0 Å². The van der Waals surface area contributed by atoms with Gasteiger partial charge in [0.2, 0.25) is 0 Å². The second-order valence-electron chi connectivity index (χ2n) is 5.98. The molecule has 5 heteroatoms. The standard InChI is InChI=1S/C20H23Cl2NO2/c1-4-13(3)15-8-6-7-9-19(15)25-18(5-2)20(24)23-17-12-14(21)10-11-16(17)22/h6-13,18H,4-5H2,1-3H3,(H,23,24). The van der Waals surface area contributed by atoms with E-state index in [4.69, 9.17) is 27.9 Å². The SMILES string of the molecule is CCC(Oc1ccccc1C(C)CC)C(=O)Nc1cc(Cl)ccc1Cl. The van der Waals surface area contributed by atoms with E-state index in [1.165, 1.54) is 0 Å². The number of anilines is 1. The number of hydrogen-bond acceptors (Lipinski definition) is 2. The third kappa shape index (κ3) is 5.13. The van der Waals surface area contributed by atoms with Crippen molar-refractivity contribution in [3.05, 3.63) is 58.1 Å². The largest absolute Gasteiger partial charge is 0.480 e. The molecule has 3 nitrogen and oxygen atoms in total. The topological polar surface area (TPSA) is 38.3 Å². The molecule has 0 saturated heterocycles. The fourth-order valence-electron chi connectivity index (χ4n) is 2.50. The highest BCUT2D eigenvalue weighted by atomic mass is 35.5. The van der Waals surface area contributed by atoms with Crippen molar-refractivity contribution < 1.29 is 9.53 Å². The molecule has 0 bridgehead atoms. The third-order valence-corrected chi connectivity index (χ3v) is 4.75. The van der Waals surface area contributed by atoms with E-state index >= 15 is 0 Å². The van der Waals surface area contributed by atoms with Gasteiger partial charge in [-0.25, -0.2) is 0 Å². The number of carbonyl (C=O) groups excluding carboxylic acids is 1. The Morgan fingerprint density at radius 2 is 1.84 bits per heavy atom. The maximum absolute atomic E-state index is 12.6. The van der Waals surface area contributed by atoms with Crippen LogP contribution >= 0.6 is 23.2 Å². The van der Waals surface area contributed by atoms with Gasteiger partial charge in [0.25, 0.3) is 5.91 Å². The number of rotatable bonds is 7. The van der Waals surface area contributed by atoms with Crippen molar-refractivity contribution in [1.82, 2.24) is 0 Å². The summed E-state index contributed by atoms with van der Waals surface area (Å²) in [5.41, 5.74) is 1.59. The third-order valence-electron chi connectivity index (χ3n) is 4.18. The van der Waals surface area contributed by atoms with E-state index in [9.17, 15) is 4.79 Å². The van der Waals surface area contributed by atoms with Gasteiger partial charge in [-0.15, -0.1) is 0 Å². The van der Waals surface area contributed by atoms with Gasteiger partial charge in [-0.2, -0.15) is 0 Å². The van der Waals surface area contributed by atoms with E-state index in [1.54, 1.807) is 18.2 Å². The summed E-state index contributed by atoms with van der Waals surface area (Å²) < 4.78 is 6.03. The lowest BCUT2D eigenvalue weighted by molar-refractivity contribution is -0.122.